The first-order chi connectivity index (χ1) is 12.9. The zero-order chi connectivity index (χ0) is 19.6. The first-order valence-electron chi connectivity index (χ1n) is 8.73. The minimum atomic E-state index is -0.294. The lowest BCUT2D eigenvalue weighted by atomic mass is 10.1. The molecule has 0 atom stereocenters. The predicted octanol–water partition coefficient (Wildman–Crippen LogP) is 5.13. The number of hydrazone groups is 1. The number of carbonyl (C=O) groups excluding carboxylic acids is 1. The van der Waals surface area contributed by atoms with E-state index in [9.17, 15) is 4.79 Å². The molecule has 3 aromatic rings. The van der Waals surface area contributed by atoms with Gasteiger partial charge in [-0.2, -0.15) is 5.10 Å². The molecule has 27 heavy (non-hydrogen) atoms. The van der Waals surface area contributed by atoms with Gasteiger partial charge in [-0.3, -0.25) is 4.79 Å². The number of aryl methyl sites for hydroxylation is 3. The number of amides is 1. The normalized spacial score (nSPS) is 11.1. The van der Waals surface area contributed by atoms with Crippen LogP contribution in [0.2, 0.25) is 5.02 Å². The summed E-state index contributed by atoms with van der Waals surface area (Å²) >= 11 is 5.92. The molecule has 0 bridgehead atoms. The van der Waals surface area contributed by atoms with Crippen LogP contribution in [0.4, 0.5) is 0 Å². The molecule has 1 N–H and O–H groups in total. The van der Waals surface area contributed by atoms with E-state index in [1.807, 2.05) is 0 Å². The van der Waals surface area contributed by atoms with E-state index < -0.39 is 0 Å². The Morgan fingerprint density at radius 3 is 2.37 bits per heavy atom. The highest BCUT2D eigenvalue weighted by molar-refractivity contribution is 6.30. The van der Waals surface area contributed by atoms with Crippen LogP contribution in [0.15, 0.2) is 53.6 Å². The fourth-order valence-electron chi connectivity index (χ4n) is 3.28. The molecule has 0 aliphatic rings. The maximum Gasteiger partial charge on any atom is 0.271 e. The van der Waals surface area contributed by atoms with Crippen molar-refractivity contribution in [2.24, 2.45) is 5.10 Å². The lowest BCUT2D eigenvalue weighted by Gasteiger charge is -2.15. The largest absolute Gasteiger partial charge is 0.317 e. The highest BCUT2D eigenvalue weighted by atomic mass is 35.5. The average Bonchev–Trinajstić information content (AvgIpc) is 2.89. The zero-order valence-corrected chi connectivity index (χ0v) is 16.6. The van der Waals surface area contributed by atoms with Gasteiger partial charge in [0.05, 0.1) is 11.9 Å². The lowest BCUT2D eigenvalue weighted by molar-refractivity contribution is 0.0955. The van der Waals surface area contributed by atoms with Gasteiger partial charge in [0.1, 0.15) is 0 Å². The van der Waals surface area contributed by atoms with Gasteiger partial charge in [0.2, 0.25) is 0 Å². The number of aromatic nitrogens is 1. The topological polar surface area (TPSA) is 46.4 Å². The third-order valence-corrected chi connectivity index (χ3v) is 4.83. The molecule has 5 heteroatoms. The van der Waals surface area contributed by atoms with Crippen LogP contribution in [0.1, 0.15) is 38.4 Å². The molecule has 0 spiro atoms. The molecule has 1 amide bonds. The van der Waals surface area contributed by atoms with Crippen LogP contribution in [-0.2, 0) is 0 Å². The predicted molar refractivity (Wildman–Crippen MR) is 111 cm³/mol. The van der Waals surface area contributed by atoms with Crippen molar-refractivity contribution in [3.63, 3.8) is 0 Å². The second-order valence-corrected chi connectivity index (χ2v) is 7.05. The summed E-state index contributed by atoms with van der Waals surface area (Å²) in [6.45, 7) is 8.35. The maximum absolute atomic E-state index is 12.2. The molecule has 0 saturated carbocycles. The second-order valence-electron chi connectivity index (χ2n) is 6.61. The molecule has 0 fully saturated rings. The van der Waals surface area contributed by atoms with Gasteiger partial charge >= 0.3 is 0 Å². The Morgan fingerprint density at radius 1 is 1.04 bits per heavy atom. The number of nitrogens with zero attached hydrogens (tertiary/aromatic N) is 2. The van der Waals surface area contributed by atoms with Crippen molar-refractivity contribution >= 4 is 23.7 Å². The Balaban J connectivity index is 1.85. The van der Waals surface area contributed by atoms with Crippen LogP contribution in [-0.4, -0.2) is 16.7 Å². The van der Waals surface area contributed by atoms with E-state index >= 15 is 0 Å². The molecular weight excluding hydrogens is 358 g/mol. The molecule has 0 aliphatic heterocycles. The Kier molecular flexibility index (Phi) is 5.47. The smallest absolute Gasteiger partial charge is 0.271 e. The monoisotopic (exact) mass is 379 g/mol. The summed E-state index contributed by atoms with van der Waals surface area (Å²) in [5.74, 6) is -0.294. The van der Waals surface area contributed by atoms with Gasteiger partial charge in [-0.05, 0) is 63.1 Å². The Hall–Kier alpha value is -2.85. The standard InChI is InChI=1S/C22H22ClN3O/c1-14-7-5-8-15(2)21(14)26-16(3)11-19(17(26)4)13-24-25-22(27)18-9-6-10-20(23)12-18/h5-13H,1-4H3,(H,25,27)/b24-13+. The minimum absolute atomic E-state index is 0.294. The van der Waals surface area contributed by atoms with E-state index in [1.54, 1.807) is 30.5 Å². The van der Waals surface area contributed by atoms with Crippen LogP contribution in [0.5, 0.6) is 0 Å². The molecule has 3 rings (SSSR count). The Bertz CT molecular complexity index is 1010. The first kappa shape index (κ1) is 18.9. The summed E-state index contributed by atoms with van der Waals surface area (Å²) in [4.78, 5) is 12.2. The number of para-hydroxylation sites is 1. The van der Waals surface area contributed by atoms with Crippen LogP contribution in [0, 0.1) is 27.7 Å². The van der Waals surface area contributed by atoms with Gasteiger partial charge in [-0.25, -0.2) is 5.43 Å². The van der Waals surface area contributed by atoms with Crippen molar-refractivity contribution in [3.8, 4) is 5.69 Å². The maximum atomic E-state index is 12.2. The van der Waals surface area contributed by atoms with E-state index in [4.69, 9.17) is 11.6 Å². The van der Waals surface area contributed by atoms with Crippen LogP contribution in [0.25, 0.3) is 5.69 Å². The molecular formula is C22H22ClN3O. The van der Waals surface area contributed by atoms with Crippen LogP contribution >= 0.6 is 11.6 Å². The van der Waals surface area contributed by atoms with Crippen molar-refractivity contribution in [2.45, 2.75) is 27.7 Å². The summed E-state index contributed by atoms with van der Waals surface area (Å²) in [7, 11) is 0. The second kappa shape index (κ2) is 7.80. The molecule has 1 aromatic heterocycles. The number of benzene rings is 2. The highest BCUT2D eigenvalue weighted by Crippen LogP contribution is 2.25. The quantitative estimate of drug-likeness (QED) is 0.495. The molecule has 0 aliphatic carbocycles. The molecule has 0 unspecified atom stereocenters. The lowest BCUT2D eigenvalue weighted by Crippen LogP contribution is -2.17. The molecule has 4 nitrogen and oxygen atoms in total. The summed E-state index contributed by atoms with van der Waals surface area (Å²) in [5.41, 5.74) is 9.81. The minimum Gasteiger partial charge on any atom is -0.317 e. The van der Waals surface area contributed by atoms with Gasteiger partial charge in [-0.15, -0.1) is 0 Å². The van der Waals surface area contributed by atoms with Gasteiger partial charge in [0.25, 0.3) is 5.91 Å². The van der Waals surface area contributed by atoms with Gasteiger partial charge in [0, 0.05) is 27.5 Å². The third-order valence-electron chi connectivity index (χ3n) is 4.59. The summed E-state index contributed by atoms with van der Waals surface area (Å²) < 4.78 is 2.23. The van der Waals surface area contributed by atoms with E-state index in [0.717, 1.165) is 17.0 Å². The Labute approximate surface area is 164 Å². The first-order valence-corrected chi connectivity index (χ1v) is 9.11. The summed E-state index contributed by atoms with van der Waals surface area (Å²) in [5, 5.41) is 4.64. The van der Waals surface area contributed by atoms with Crippen molar-refractivity contribution in [3.05, 3.63) is 87.2 Å². The number of hydrogen-bond donors (Lipinski definition) is 1. The number of carbonyl (C=O) groups is 1. The van der Waals surface area contributed by atoms with Gasteiger partial charge in [-0.1, -0.05) is 35.9 Å². The fourth-order valence-corrected chi connectivity index (χ4v) is 3.47. The van der Waals surface area contributed by atoms with Crippen molar-refractivity contribution in [1.82, 2.24) is 9.99 Å². The number of hydrogen-bond acceptors (Lipinski definition) is 2. The zero-order valence-electron chi connectivity index (χ0n) is 15.9. The molecule has 2 aromatic carbocycles. The summed E-state index contributed by atoms with van der Waals surface area (Å²) in [6, 6.07) is 15.1. The van der Waals surface area contributed by atoms with E-state index in [0.29, 0.717) is 10.6 Å². The van der Waals surface area contributed by atoms with Crippen molar-refractivity contribution < 1.29 is 4.79 Å². The molecule has 1 heterocycles. The number of rotatable bonds is 4. The number of halogens is 1. The average molecular weight is 380 g/mol. The summed E-state index contributed by atoms with van der Waals surface area (Å²) in [6.07, 6.45) is 1.68. The van der Waals surface area contributed by atoms with Crippen molar-refractivity contribution in [2.75, 3.05) is 0 Å². The highest BCUT2D eigenvalue weighted by Gasteiger charge is 2.13. The van der Waals surface area contributed by atoms with Gasteiger partial charge < -0.3 is 4.57 Å². The number of nitrogens with one attached hydrogen (secondary N) is 1. The van der Waals surface area contributed by atoms with Gasteiger partial charge in [0.15, 0.2) is 0 Å². The van der Waals surface area contributed by atoms with E-state index in [1.165, 1.54) is 16.8 Å². The third kappa shape index (κ3) is 3.96. The SMILES string of the molecule is Cc1cccc(C)c1-n1c(C)cc(/C=N/NC(=O)c2cccc(Cl)c2)c1C. The van der Waals surface area contributed by atoms with Crippen LogP contribution in [0.3, 0.4) is 0 Å². The molecule has 0 radical (unpaired) electrons. The van der Waals surface area contributed by atoms with Crippen molar-refractivity contribution in [1.29, 1.82) is 0 Å². The Morgan fingerprint density at radius 2 is 1.70 bits per heavy atom. The van der Waals surface area contributed by atoms with E-state index in [-0.39, 0.29) is 5.91 Å². The molecule has 0 saturated heterocycles. The fraction of sp³-hybridized carbons (Fsp3) is 0.182. The van der Waals surface area contributed by atoms with Crippen LogP contribution < -0.4 is 5.43 Å². The molecule has 138 valence electrons. The van der Waals surface area contributed by atoms with E-state index in [2.05, 4.69) is 67.1 Å².